The molecule has 0 aromatic heterocycles. The quantitative estimate of drug-likeness (QED) is 0.369. The fraction of sp³-hybridized carbons (Fsp3) is 0.273. The standard InChI is InChI=1S/C22H22N2O4S3/c1-15-7-10-17(11-8-15)24-21(25)20(30-22(24)29)19-12-9-16-5-2-3-6-18(16)23(19)13-4-14-31(26,27)28/h2-3,5-8,10-11H,4,9,12-14H2,1H3,(H,26,27,28)/p-1. The first-order valence-corrected chi connectivity index (χ1v) is 12.7. The predicted octanol–water partition coefficient (Wildman–Crippen LogP) is 3.96. The van der Waals surface area contributed by atoms with E-state index in [9.17, 15) is 17.8 Å². The second-order valence-electron chi connectivity index (χ2n) is 7.52. The van der Waals surface area contributed by atoms with Gasteiger partial charge in [-0.25, -0.2) is 8.42 Å². The van der Waals surface area contributed by atoms with Crippen molar-refractivity contribution >= 4 is 55.7 Å². The highest BCUT2D eigenvalue weighted by Gasteiger charge is 2.38. The summed E-state index contributed by atoms with van der Waals surface area (Å²) in [5.74, 6) is -0.613. The molecule has 0 unspecified atom stereocenters. The molecule has 162 valence electrons. The van der Waals surface area contributed by atoms with Gasteiger partial charge in [0, 0.05) is 23.7 Å². The van der Waals surface area contributed by atoms with Crippen LogP contribution < -0.4 is 9.80 Å². The van der Waals surface area contributed by atoms with Crippen molar-refractivity contribution in [1.82, 2.24) is 0 Å². The number of para-hydroxylation sites is 1. The summed E-state index contributed by atoms with van der Waals surface area (Å²) < 4.78 is 33.8. The van der Waals surface area contributed by atoms with E-state index < -0.39 is 15.9 Å². The lowest BCUT2D eigenvalue weighted by atomic mass is 9.98. The number of anilines is 2. The van der Waals surface area contributed by atoms with Gasteiger partial charge in [0.05, 0.1) is 20.7 Å². The van der Waals surface area contributed by atoms with Gasteiger partial charge in [0.15, 0.2) is 4.32 Å². The molecule has 1 saturated heterocycles. The molecule has 0 spiro atoms. The largest absolute Gasteiger partial charge is 0.748 e. The first-order valence-electron chi connectivity index (χ1n) is 9.90. The zero-order valence-electron chi connectivity index (χ0n) is 16.9. The van der Waals surface area contributed by atoms with Crippen LogP contribution in [0.1, 0.15) is 24.0 Å². The summed E-state index contributed by atoms with van der Waals surface area (Å²) >= 11 is 6.80. The average Bonchev–Trinajstić information content (AvgIpc) is 3.02. The van der Waals surface area contributed by atoms with Crippen LogP contribution in [-0.4, -0.2) is 35.5 Å². The number of thiocarbonyl (C=S) groups is 1. The maximum atomic E-state index is 13.4. The number of benzene rings is 2. The van der Waals surface area contributed by atoms with Crippen LogP contribution in [0.25, 0.3) is 0 Å². The summed E-state index contributed by atoms with van der Waals surface area (Å²) in [5, 5.41) is 0. The molecule has 0 bridgehead atoms. The Kier molecular flexibility index (Phi) is 6.20. The van der Waals surface area contributed by atoms with Crippen LogP contribution in [0.5, 0.6) is 0 Å². The molecule has 2 aliphatic heterocycles. The first-order chi connectivity index (χ1) is 14.7. The van der Waals surface area contributed by atoms with E-state index in [-0.39, 0.29) is 12.3 Å². The maximum absolute atomic E-state index is 13.4. The van der Waals surface area contributed by atoms with E-state index in [2.05, 4.69) is 0 Å². The molecule has 2 aliphatic rings. The van der Waals surface area contributed by atoms with Crippen LogP contribution in [0.2, 0.25) is 0 Å². The summed E-state index contributed by atoms with van der Waals surface area (Å²) in [6.07, 6.45) is 1.60. The second-order valence-corrected chi connectivity index (χ2v) is 10.7. The summed E-state index contributed by atoms with van der Waals surface area (Å²) in [6.45, 7) is 2.32. The SMILES string of the molecule is Cc1ccc(N2C(=O)C(=C3CCc4ccccc4N3CCCS(=O)(=O)[O-])SC2=S)cc1. The Morgan fingerprint density at radius 2 is 1.81 bits per heavy atom. The minimum absolute atomic E-state index is 0.172. The molecule has 4 rings (SSSR count). The van der Waals surface area contributed by atoms with Crippen molar-refractivity contribution in [3.05, 3.63) is 70.3 Å². The Balaban J connectivity index is 1.70. The number of carbonyl (C=O) groups excluding carboxylic acids is 1. The molecule has 31 heavy (non-hydrogen) atoms. The van der Waals surface area contributed by atoms with Gasteiger partial charge in [0.25, 0.3) is 5.91 Å². The molecule has 0 aliphatic carbocycles. The summed E-state index contributed by atoms with van der Waals surface area (Å²) in [6, 6.07) is 15.5. The van der Waals surface area contributed by atoms with Crippen LogP contribution in [0.3, 0.4) is 0 Å². The van der Waals surface area contributed by atoms with Crippen molar-refractivity contribution in [2.24, 2.45) is 0 Å². The molecule has 0 saturated carbocycles. The molecule has 0 radical (unpaired) electrons. The van der Waals surface area contributed by atoms with Gasteiger partial charge in [-0.05, 0) is 49.9 Å². The minimum Gasteiger partial charge on any atom is -0.748 e. The Morgan fingerprint density at radius 3 is 2.52 bits per heavy atom. The Bertz CT molecular complexity index is 1170. The molecule has 2 aromatic carbocycles. The predicted molar refractivity (Wildman–Crippen MR) is 127 cm³/mol. The number of rotatable bonds is 5. The van der Waals surface area contributed by atoms with E-state index in [1.54, 1.807) is 4.90 Å². The number of carbonyl (C=O) groups is 1. The van der Waals surface area contributed by atoms with Crippen LogP contribution in [0.4, 0.5) is 11.4 Å². The monoisotopic (exact) mass is 473 g/mol. The molecule has 2 heterocycles. The molecule has 1 amide bonds. The van der Waals surface area contributed by atoms with Gasteiger partial charge >= 0.3 is 0 Å². The molecule has 2 aromatic rings. The highest BCUT2D eigenvalue weighted by molar-refractivity contribution is 8.27. The molecule has 0 atom stereocenters. The number of allylic oxidation sites excluding steroid dienone is 1. The molecule has 0 N–H and O–H groups in total. The number of fused-ring (bicyclic) bond motifs is 1. The maximum Gasteiger partial charge on any atom is 0.272 e. The third kappa shape index (κ3) is 4.69. The molecule has 1 fully saturated rings. The van der Waals surface area contributed by atoms with Crippen molar-refractivity contribution in [2.45, 2.75) is 26.2 Å². The lowest BCUT2D eigenvalue weighted by Crippen LogP contribution is -2.33. The van der Waals surface area contributed by atoms with Crippen LogP contribution in [-0.2, 0) is 21.3 Å². The van der Waals surface area contributed by atoms with E-state index in [0.29, 0.717) is 22.2 Å². The van der Waals surface area contributed by atoms with Crippen LogP contribution >= 0.6 is 24.0 Å². The summed E-state index contributed by atoms with van der Waals surface area (Å²) in [5.41, 5.74) is 4.71. The van der Waals surface area contributed by atoms with E-state index in [1.807, 2.05) is 60.4 Å². The second kappa shape index (κ2) is 8.74. The van der Waals surface area contributed by atoms with E-state index >= 15 is 0 Å². The fourth-order valence-electron chi connectivity index (χ4n) is 3.87. The fourth-order valence-corrected chi connectivity index (χ4v) is 5.75. The zero-order chi connectivity index (χ0) is 22.2. The van der Waals surface area contributed by atoms with E-state index in [4.69, 9.17) is 12.2 Å². The molecule has 6 nitrogen and oxygen atoms in total. The minimum atomic E-state index is -4.30. The zero-order valence-corrected chi connectivity index (χ0v) is 19.4. The number of nitrogens with zero attached hydrogens (tertiary/aromatic N) is 2. The first kappa shape index (κ1) is 22.0. The van der Waals surface area contributed by atoms with Crippen molar-refractivity contribution in [2.75, 3.05) is 22.1 Å². The third-order valence-corrected chi connectivity index (χ3v) is 7.53. The Hall–Kier alpha value is -2.20. The van der Waals surface area contributed by atoms with Gasteiger partial charge in [0.1, 0.15) is 0 Å². The molecular weight excluding hydrogens is 452 g/mol. The van der Waals surface area contributed by atoms with Crippen molar-refractivity contribution < 1.29 is 17.8 Å². The number of amides is 1. The third-order valence-electron chi connectivity index (χ3n) is 5.34. The number of hydrogen-bond acceptors (Lipinski definition) is 7. The van der Waals surface area contributed by atoms with Crippen LogP contribution in [0.15, 0.2) is 59.1 Å². The van der Waals surface area contributed by atoms with Gasteiger partial charge in [-0.3, -0.25) is 9.69 Å². The average molecular weight is 474 g/mol. The van der Waals surface area contributed by atoms with Crippen LogP contribution in [0, 0.1) is 6.92 Å². The van der Waals surface area contributed by atoms with Crippen molar-refractivity contribution in [1.29, 1.82) is 0 Å². The van der Waals surface area contributed by atoms with Gasteiger partial charge in [-0.1, -0.05) is 59.9 Å². The lowest BCUT2D eigenvalue weighted by Gasteiger charge is -2.34. The Labute approximate surface area is 191 Å². The highest BCUT2D eigenvalue weighted by Crippen LogP contribution is 2.42. The highest BCUT2D eigenvalue weighted by atomic mass is 32.2. The number of aryl methyl sites for hydroxylation is 2. The van der Waals surface area contributed by atoms with Gasteiger partial charge in [0.2, 0.25) is 0 Å². The van der Waals surface area contributed by atoms with E-state index in [1.165, 1.54) is 11.8 Å². The summed E-state index contributed by atoms with van der Waals surface area (Å²) in [4.78, 5) is 17.5. The summed E-state index contributed by atoms with van der Waals surface area (Å²) in [7, 11) is -4.30. The van der Waals surface area contributed by atoms with E-state index in [0.717, 1.165) is 34.6 Å². The lowest BCUT2D eigenvalue weighted by molar-refractivity contribution is -0.113. The normalized spacial score (nSPS) is 19.2. The van der Waals surface area contributed by atoms with Crippen molar-refractivity contribution in [3.8, 4) is 0 Å². The van der Waals surface area contributed by atoms with Gasteiger partial charge < -0.3 is 9.45 Å². The molecule has 9 heteroatoms. The Morgan fingerprint density at radius 1 is 1.10 bits per heavy atom. The topological polar surface area (TPSA) is 80.8 Å². The van der Waals surface area contributed by atoms with Gasteiger partial charge in [-0.2, -0.15) is 0 Å². The van der Waals surface area contributed by atoms with Crippen molar-refractivity contribution in [3.63, 3.8) is 0 Å². The van der Waals surface area contributed by atoms with Gasteiger partial charge in [-0.15, -0.1) is 0 Å². The number of thioether (sulfide) groups is 1. The molecular formula is C22H21N2O4S3-. The number of hydrogen-bond donors (Lipinski definition) is 0. The smallest absolute Gasteiger partial charge is 0.272 e.